The monoisotopic (exact) mass is 273 g/mol. The summed E-state index contributed by atoms with van der Waals surface area (Å²) in [5, 5.41) is 4.51. The first-order valence-corrected chi connectivity index (χ1v) is 7.12. The molecule has 20 heavy (non-hydrogen) atoms. The van der Waals surface area contributed by atoms with E-state index < -0.39 is 0 Å². The first-order valence-electron chi connectivity index (χ1n) is 7.12. The van der Waals surface area contributed by atoms with Gasteiger partial charge in [-0.3, -0.25) is 4.68 Å². The van der Waals surface area contributed by atoms with Crippen LogP contribution >= 0.6 is 0 Å². The van der Waals surface area contributed by atoms with Gasteiger partial charge in [0.1, 0.15) is 12.4 Å². The second-order valence-corrected chi connectivity index (χ2v) is 5.19. The minimum Gasteiger partial charge on any atom is -0.487 e. The maximum atomic E-state index is 5.82. The van der Waals surface area contributed by atoms with Gasteiger partial charge in [-0.2, -0.15) is 5.10 Å². The molecule has 2 unspecified atom stereocenters. The molecule has 1 aromatic carbocycles. The van der Waals surface area contributed by atoms with Gasteiger partial charge in [0.25, 0.3) is 0 Å². The van der Waals surface area contributed by atoms with Crippen molar-refractivity contribution >= 4 is 0 Å². The Bertz CT molecular complexity index is 531. The number of aromatic nitrogens is 2. The van der Waals surface area contributed by atoms with E-state index in [0.29, 0.717) is 12.6 Å². The molecule has 0 spiro atoms. The quantitative estimate of drug-likeness (QED) is 0.877. The zero-order valence-electron chi connectivity index (χ0n) is 12.4. The van der Waals surface area contributed by atoms with Crippen LogP contribution in [0.5, 0.6) is 5.75 Å². The molecule has 0 bridgehead atoms. The Labute approximate surface area is 120 Å². The van der Waals surface area contributed by atoms with E-state index >= 15 is 0 Å². The molecule has 2 atom stereocenters. The predicted octanol–water partition coefficient (Wildman–Crippen LogP) is 3.45. The molecule has 1 heterocycles. The molecule has 0 saturated heterocycles. The van der Waals surface area contributed by atoms with Crippen LogP contribution < -0.4 is 10.5 Å². The van der Waals surface area contributed by atoms with Crippen LogP contribution in [0.2, 0.25) is 0 Å². The lowest BCUT2D eigenvalue weighted by molar-refractivity contribution is 0.298. The second kappa shape index (κ2) is 6.57. The van der Waals surface area contributed by atoms with Crippen LogP contribution in [-0.2, 0) is 6.61 Å². The Balaban J connectivity index is 1.93. The van der Waals surface area contributed by atoms with Gasteiger partial charge in [-0.15, -0.1) is 0 Å². The van der Waals surface area contributed by atoms with E-state index in [0.717, 1.165) is 23.4 Å². The van der Waals surface area contributed by atoms with Crippen molar-refractivity contribution in [2.24, 2.45) is 5.73 Å². The Morgan fingerprint density at radius 1 is 1.20 bits per heavy atom. The third-order valence-corrected chi connectivity index (χ3v) is 3.50. The van der Waals surface area contributed by atoms with Crippen molar-refractivity contribution in [1.82, 2.24) is 9.78 Å². The van der Waals surface area contributed by atoms with E-state index in [1.54, 1.807) is 0 Å². The fraction of sp³-hybridized carbons (Fsp3) is 0.438. The third kappa shape index (κ3) is 3.61. The number of hydrogen-bond donors (Lipinski definition) is 1. The van der Waals surface area contributed by atoms with Crippen molar-refractivity contribution in [3.63, 3.8) is 0 Å². The number of hydrogen-bond acceptors (Lipinski definition) is 3. The molecule has 0 amide bonds. The highest BCUT2D eigenvalue weighted by Crippen LogP contribution is 2.17. The summed E-state index contributed by atoms with van der Waals surface area (Å²) < 4.78 is 7.72. The van der Waals surface area contributed by atoms with Gasteiger partial charge in [-0.05, 0) is 44.0 Å². The largest absolute Gasteiger partial charge is 0.487 e. The zero-order chi connectivity index (χ0) is 14.5. The van der Waals surface area contributed by atoms with E-state index in [1.807, 2.05) is 48.1 Å². The average Bonchev–Trinajstić information content (AvgIpc) is 2.93. The number of rotatable bonds is 6. The van der Waals surface area contributed by atoms with Crippen LogP contribution in [0.25, 0.3) is 0 Å². The zero-order valence-corrected chi connectivity index (χ0v) is 12.4. The van der Waals surface area contributed by atoms with E-state index in [1.165, 1.54) is 0 Å². The molecule has 2 aromatic rings. The van der Waals surface area contributed by atoms with E-state index in [9.17, 15) is 0 Å². The number of nitrogens with two attached hydrogens (primary N) is 1. The summed E-state index contributed by atoms with van der Waals surface area (Å²) in [6.45, 7) is 6.77. The molecule has 1 aromatic heterocycles. The first kappa shape index (κ1) is 14.6. The Hall–Kier alpha value is -1.81. The topological polar surface area (TPSA) is 53.1 Å². The molecule has 2 N–H and O–H groups in total. The van der Waals surface area contributed by atoms with E-state index in [-0.39, 0.29) is 6.04 Å². The average molecular weight is 273 g/mol. The lowest BCUT2D eigenvalue weighted by atomic mass is 10.1. The fourth-order valence-electron chi connectivity index (χ4n) is 1.91. The molecule has 0 saturated carbocycles. The van der Waals surface area contributed by atoms with Gasteiger partial charge in [0.2, 0.25) is 0 Å². The lowest BCUT2D eigenvalue weighted by Gasteiger charge is -2.09. The van der Waals surface area contributed by atoms with Crippen molar-refractivity contribution < 1.29 is 4.74 Å². The van der Waals surface area contributed by atoms with E-state index in [4.69, 9.17) is 10.5 Å². The highest BCUT2D eigenvalue weighted by atomic mass is 16.5. The molecule has 4 heteroatoms. The molecule has 0 aliphatic carbocycles. The maximum Gasteiger partial charge on any atom is 0.132 e. The predicted molar refractivity (Wildman–Crippen MR) is 80.6 cm³/mol. The van der Waals surface area contributed by atoms with Crippen LogP contribution in [-0.4, -0.2) is 9.78 Å². The Kier molecular flexibility index (Phi) is 4.79. The standard InChI is InChI=1S/C16H23N3O/c1-4-12(2)19-10-9-15(18-19)11-20-16-7-5-14(6-8-16)13(3)17/h5-10,12-13H,4,11,17H2,1-3H3. The van der Waals surface area contributed by atoms with Crippen LogP contribution in [0.4, 0.5) is 0 Å². The van der Waals surface area contributed by atoms with Crippen molar-refractivity contribution in [1.29, 1.82) is 0 Å². The fourth-order valence-corrected chi connectivity index (χ4v) is 1.91. The molecular weight excluding hydrogens is 250 g/mol. The molecular formula is C16H23N3O. The van der Waals surface area contributed by atoms with Gasteiger partial charge in [0, 0.05) is 18.3 Å². The normalized spacial score (nSPS) is 14.0. The summed E-state index contributed by atoms with van der Waals surface area (Å²) in [6.07, 6.45) is 3.08. The summed E-state index contributed by atoms with van der Waals surface area (Å²) in [7, 11) is 0. The molecule has 0 aliphatic heterocycles. The van der Waals surface area contributed by atoms with Crippen molar-refractivity contribution in [3.05, 3.63) is 47.8 Å². The van der Waals surface area contributed by atoms with Gasteiger partial charge in [-0.25, -0.2) is 0 Å². The van der Waals surface area contributed by atoms with Gasteiger partial charge in [0.05, 0.1) is 5.69 Å². The van der Waals surface area contributed by atoms with Gasteiger partial charge in [-0.1, -0.05) is 19.1 Å². The minimum absolute atomic E-state index is 0.0512. The first-order chi connectivity index (χ1) is 9.60. The number of nitrogens with zero attached hydrogens (tertiary/aromatic N) is 2. The molecule has 108 valence electrons. The molecule has 0 radical (unpaired) electrons. The summed E-state index contributed by atoms with van der Waals surface area (Å²) in [5.41, 5.74) is 7.87. The number of benzene rings is 1. The molecule has 4 nitrogen and oxygen atoms in total. The summed E-state index contributed by atoms with van der Waals surface area (Å²) in [4.78, 5) is 0. The van der Waals surface area contributed by atoms with Crippen LogP contribution in [0.3, 0.4) is 0 Å². The number of ether oxygens (including phenoxy) is 1. The van der Waals surface area contributed by atoms with Gasteiger partial charge in [0.15, 0.2) is 0 Å². The molecule has 0 fully saturated rings. The summed E-state index contributed by atoms with van der Waals surface area (Å²) in [6, 6.07) is 10.4. The summed E-state index contributed by atoms with van der Waals surface area (Å²) in [5.74, 6) is 0.840. The highest BCUT2D eigenvalue weighted by Gasteiger charge is 2.05. The Morgan fingerprint density at radius 2 is 1.90 bits per heavy atom. The minimum atomic E-state index is 0.0512. The smallest absolute Gasteiger partial charge is 0.132 e. The highest BCUT2D eigenvalue weighted by molar-refractivity contribution is 5.28. The molecule has 2 rings (SSSR count). The lowest BCUT2D eigenvalue weighted by Crippen LogP contribution is -2.06. The third-order valence-electron chi connectivity index (χ3n) is 3.50. The van der Waals surface area contributed by atoms with Crippen LogP contribution in [0.1, 0.15) is 50.5 Å². The second-order valence-electron chi connectivity index (χ2n) is 5.19. The van der Waals surface area contributed by atoms with Crippen molar-refractivity contribution in [3.8, 4) is 5.75 Å². The van der Waals surface area contributed by atoms with Crippen LogP contribution in [0, 0.1) is 0 Å². The molecule has 0 aliphatic rings. The van der Waals surface area contributed by atoms with Crippen molar-refractivity contribution in [2.75, 3.05) is 0 Å². The van der Waals surface area contributed by atoms with Gasteiger partial charge >= 0.3 is 0 Å². The Morgan fingerprint density at radius 3 is 2.50 bits per heavy atom. The SMILES string of the molecule is CCC(C)n1ccc(COc2ccc(C(C)N)cc2)n1. The maximum absolute atomic E-state index is 5.82. The van der Waals surface area contributed by atoms with E-state index in [2.05, 4.69) is 18.9 Å². The van der Waals surface area contributed by atoms with Crippen molar-refractivity contribution in [2.45, 2.75) is 45.9 Å². The van der Waals surface area contributed by atoms with Crippen LogP contribution in [0.15, 0.2) is 36.5 Å². The van der Waals surface area contributed by atoms with Gasteiger partial charge < -0.3 is 10.5 Å². The summed E-state index contributed by atoms with van der Waals surface area (Å²) >= 11 is 0.